The molecule has 0 bridgehead atoms. The summed E-state index contributed by atoms with van der Waals surface area (Å²) < 4.78 is 0. The van der Waals surface area contributed by atoms with Gasteiger partial charge in [-0.2, -0.15) is 0 Å². The van der Waals surface area contributed by atoms with Crippen LogP contribution < -0.4 is 14.7 Å². The van der Waals surface area contributed by atoms with Crippen LogP contribution in [-0.2, 0) is 11.3 Å². The van der Waals surface area contributed by atoms with Gasteiger partial charge in [0, 0.05) is 23.3 Å². The zero-order valence-corrected chi connectivity index (χ0v) is 16.3. The van der Waals surface area contributed by atoms with Crippen molar-refractivity contribution in [3.05, 3.63) is 65.2 Å². The smallest absolute Gasteiger partial charge is 0.284 e. The molecule has 26 heavy (non-hydrogen) atoms. The van der Waals surface area contributed by atoms with Gasteiger partial charge in [0.2, 0.25) is 0 Å². The van der Waals surface area contributed by atoms with E-state index in [1.165, 1.54) is 10.5 Å². The molecule has 4 nitrogen and oxygen atoms in total. The van der Waals surface area contributed by atoms with Crippen LogP contribution >= 0.6 is 11.6 Å². The van der Waals surface area contributed by atoms with E-state index in [1.807, 2.05) is 49.5 Å². The van der Waals surface area contributed by atoms with Crippen molar-refractivity contribution in [3.8, 4) is 0 Å². The lowest BCUT2D eigenvalue weighted by Gasteiger charge is -2.34. The lowest BCUT2D eigenvalue weighted by Crippen LogP contribution is -3.29. The number of carbonyl (C=O) groups excluding carboxylic acids is 1. The van der Waals surface area contributed by atoms with Gasteiger partial charge in [-0.25, -0.2) is 0 Å². The number of hydrogen-bond donors (Lipinski definition) is 2. The van der Waals surface area contributed by atoms with E-state index in [0.29, 0.717) is 0 Å². The standard InChI is InChI=1S/C21H26ClN3O/c1-17(21(26)23(2)20-9-4-3-5-10-20)25-13-11-24(12-14-25)16-18-7-6-8-19(22)15-18/h3-10,15,17H,11-14,16H2,1-2H3/p+2/t17-/m0/s1. The minimum atomic E-state index is -0.0204. The first kappa shape index (κ1) is 18.9. The number of rotatable bonds is 5. The minimum absolute atomic E-state index is 0.0204. The summed E-state index contributed by atoms with van der Waals surface area (Å²) in [7, 11) is 1.87. The van der Waals surface area contributed by atoms with Crippen LogP contribution in [0.25, 0.3) is 0 Å². The van der Waals surface area contributed by atoms with Gasteiger partial charge >= 0.3 is 0 Å². The Morgan fingerprint density at radius 2 is 1.77 bits per heavy atom. The summed E-state index contributed by atoms with van der Waals surface area (Å²) >= 11 is 6.09. The molecule has 138 valence electrons. The number of piperazine rings is 1. The molecule has 0 saturated carbocycles. The van der Waals surface area contributed by atoms with E-state index in [0.717, 1.165) is 43.4 Å². The van der Waals surface area contributed by atoms with E-state index in [-0.39, 0.29) is 11.9 Å². The van der Waals surface area contributed by atoms with Gasteiger partial charge in [-0.15, -0.1) is 0 Å². The van der Waals surface area contributed by atoms with Crippen molar-refractivity contribution < 1.29 is 14.6 Å². The molecule has 1 aliphatic rings. The molecule has 0 spiro atoms. The molecule has 2 aromatic rings. The summed E-state index contributed by atoms with van der Waals surface area (Å²) in [6, 6.07) is 18.0. The Morgan fingerprint density at radius 1 is 1.08 bits per heavy atom. The van der Waals surface area contributed by atoms with Crippen LogP contribution in [0.4, 0.5) is 5.69 Å². The number of carbonyl (C=O) groups is 1. The van der Waals surface area contributed by atoms with Crippen LogP contribution in [0, 0.1) is 0 Å². The third-order valence-corrected chi connectivity index (χ3v) is 5.63. The minimum Gasteiger partial charge on any atom is -0.322 e. The molecule has 1 fully saturated rings. The monoisotopic (exact) mass is 373 g/mol. The van der Waals surface area contributed by atoms with Gasteiger partial charge in [0.1, 0.15) is 32.7 Å². The van der Waals surface area contributed by atoms with Crippen molar-refractivity contribution in [3.63, 3.8) is 0 Å². The van der Waals surface area contributed by atoms with Crippen LogP contribution in [0.15, 0.2) is 54.6 Å². The Kier molecular flexibility index (Phi) is 6.30. The molecule has 1 heterocycles. The van der Waals surface area contributed by atoms with Gasteiger partial charge in [-0.3, -0.25) is 4.79 Å². The fraction of sp³-hybridized carbons (Fsp3) is 0.381. The van der Waals surface area contributed by atoms with Gasteiger partial charge in [-0.1, -0.05) is 41.9 Å². The quantitative estimate of drug-likeness (QED) is 0.792. The summed E-state index contributed by atoms with van der Waals surface area (Å²) in [5, 5.41) is 0.800. The molecule has 1 amide bonds. The van der Waals surface area contributed by atoms with E-state index in [9.17, 15) is 4.79 Å². The Bertz CT molecular complexity index is 729. The molecule has 1 atom stereocenters. The highest BCUT2D eigenvalue weighted by Crippen LogP contribution is 2.11. The lowest BCUT2D eigenvalue weighted by molar-refractivity contribution is -1.02. The van der Waals surface area contributed by atoms with Crippen molar-refractivity contribution in [2.24, 2.45) is 0 Å². The first-order valence-electron chi connectivity index (χ1n) is 9.30. The molecule has 1 aliphatic heterocycles. The summed E-state index contributed by atoms with van der Waals surface area (Å²) in [6.45, 7) is 7.25. The highest BCUT2D eigenvalue weighted by Gasteiger charge is 2.32. The second kappa shape index (κ2) is 8.67. The average Bonchev–Trinajstić information content (AvgIpc) is 2.67. The van der Waals surface area contributed by atoms with Crippen molar-refractivity contribution in [1.29, 1.82) is 0 Å². The number of likely N-dealkylation sites (N-methyl/N-ethyl adjacent to an activating group) is 1. The van der Waals surface area contributed by atoms with Gasteiger partial charge in [0.15, 0.2) is 6.04 Å². The SMILES string of the molecule is C[C@@H](C(=O)N(C)c1ccccc1)[NH+]1CC[NH+](Cc2cccc(Cl)c2)CC1. The molecule has 2 N–H and O–H groups in total. The Balaban J connectivity index is 1.53. The van der Waals surface area contributed by atoms with Crippen LogP contribution in [0.3, 0.4) is 0 Å². The van der Waals surface area contributed by atoms with Crippen LogP contribution in [0.5, 0.6) is 0 Å². The summed E-state index contributed by atoms with van der Waals surface area (Å²) in [5.41, 5.74) is 2.23. The van der Waals surface area contributed by atoms with E-state index in [1.54, 1.807) is 9.80 Å². The Morgan fingerprint density at radius 3 is 2.42 bits per heavy atom. The number of para-hydroxylation sites is 1. The molecule has 0 radical (unpaired) electrons. The number of hydrogen-bond acceptors (Lipinski definition) is 1. The molecule has 3 rings (SSSR count). The Hall–Kier alpha value is -1.88. The lowest BCUT2D eigenvalue weighted by atomic mass is 10.1. The van der Waals surface area contributed by atoms with Gasteiger partial charge in [0.25, 0.3) is 5.91 Å². The molecular formula is C21H28ClN3O+2. The van der Waals surface area contributed by atoms with Gasteiger partial charge in [-0.05, 0) is 31.2 Å². The van der Waals surface area contributed by atoms with Gasteiger partial charge < -0.3 is 14.7 Å². The molecule has 1 saturated heterocycles. The maximum atomic E-state index is 12.8. The van der Waals surface area contributed by atoms with Crippen LogP contribution in [-0.4, -0.2) is 45.2 Å². The van der Waals surface area contributed by atoms with Crippen molar-refractivity contribution in [2.45, 2.75) is 19.5 Å². The van der Waals surface area contributed by atoms with E-state index in [4.69, 9.17) is 11.6 Å². The summed E-state index contributed by atoms with van der Waals surface area (Å²) in [4.78, 5) is 17.6. The van der Waals surface area contributed by atoms with Crippen LogP contribution in [0.2, 0.25) is 5.02 Å². The van der Waals surface area contributed by atoms with Crippen molar-refractivity contribution >= 4 is 23.2 Å². The topological polar surface area (TPSA) is 29.2 Å². The number of amides is 1. The number of nitrogens with one attached hydrogen (secondary N) is 2. The zero-order chi connectivity index (χ0) is 18.5. The fourth-order valence-electron chi connectivity index (χ4n) is 3.71. The van der Waals surface area contributed by atoms with Gasteiger partial charge in [0.05, 0.1) is 0 Å². The largest absolute Gasteiger partial charge is 0.322 e. The van der Waals surface area contributed by atoms with Crippen molar-refractivity contribution in [2.75, 3.05) is 38.1 Å². The maximum Gasteiger partial charge on any atom is 0.284 e. The molecule has 0 aromatic heterocycles. The molecule has 0 unspecified atom stereocenters. The predicted molar refractivity (Wildman–Crippen MR) is 106 cm³/mol. The number of benzene rings is 2. The number of quaternary nitrogens is 2. The second-order valence-electron chi connectivity index (χ2n) is 7.17. The van der Waals surface area contributed by atoms with E-state index < -0.39 is 0 Å². The maximum absolute atomic E-state index is 12.8. The molecular weight excluding hydrogens is 346 g/mol. The third-order valence-electron chi connectivity index (χ3n) is 5.40. The molecule has 5 heteroatoms. The first-order chi connectivity index (χ1) is 12.5. The normalized spacial score (nSPS) is 21.2. The zero-order valence-electron chi connectivity index (χ0n) is 15.5. The van der Waals surface area contributed by atoms with E-state index in [2.05, 4.69) is 19.1 Å². The fourth-order valence-corrected chi connectivity index (χ4v) is 3.93. The van der Waals surface area contributed by atoms with Crippen molar-refractivity contribution in [1.82, 2.24) is 0 Å². The summed E-state index contributed by atoms with van der Waals surface area (Å²) in [6.07, 6.45) is 0. The molecule has 2 aromatic carbocycles. The Labute approximate surface area is 161 Å². The summed E-state index contributed by atoms with van der Waals surface area (Å²) in [5.74, 6) is 0.185. The first-order valence-corrected chi connectivity index (χ1v) is 9.67. The highest BCUT2D eigenvalue weighted by atomic mass is 35.5. The third kappa shape index (κ3) is 4.64. The highest BCUT2D eigenvalue weighted by molar-refractivity contribution is 6.30. The number of nitrogens with zero attached hydrogens (tertiary/aromatic N) is 1. The number of halogens is 1. The molecule has 0 aliphatic carbocycles. The second-order valence-corrected chi connectivity index (χ2v) is 7.61. The predicted octanol–water partition coefficient (Wildman–Crippen LogP) is 0.675. The number of anilines is 1. The van der Waals surface area contributed by atoms with E-state index >= 15 is 0 Å². The van der Waals surface area contributed by atoms with Crippen LogP contribution in [0.1, 0.15) is 12.5 Å². The average molecular weight is 374 g/mol.